The number of ether oxygens (including phenoxy) is 3. The quantitative estimate of drug-likeness (QED) is 0.794. The lowest BCUT2D eigenvalue weighted by atomic mass is 10.2. The van der Waals surface area contributed by atoms with E-state index < -0.39 is 0 Å². The van der Waals surface area contributed by atoms with Crippen molar-refractivity contribution in [2.24, 2.45) is 0 Å². The Balaban J connectivity index is 1.60. The average Bonchev–Trinajstić information content (AvgIpc) is 3.14. The van der Waals surface area contributed by atoms with Crippen molar-refractivity contribution >= 4 is 12.0 Å². The first kappa shape index (κ1) is 13.9. The van der Waals surface area contributed by atoms with E-state index in [1.54, 1.807) is 0 Å². The van der Waals surface area contributed by atoms with Crippen molar-refractivity contribution in [2.45, 2.75) is 18.9 Å². The lowest BCUT2D eigenvalue weighted by Crippen LogP contribution is -2.36. The van der Waals surface area contributed by atoms with Gasteiger partial charge in [0, 0.05) is 6.54 Å². The van der Waals surface area contributed by atoms with Crippen molar-refractivity contribution in [2.75, 3.05) is 27.0 Å². The molecule has 1 unspecified atom stereocenters. The molecule has 0 amide bonds. The largest absolute Gasteiger partial charge is 0.468 e. The Labute approximate surface area is 124 Å². The highest BCUT2D eigenvalue weighted by Gasteiger charge is 2.30. The fraction of sp³-hybridized carbons (Fsp3) is 0.438. The highest BCUT2D eigenvalue weighted by molar-refractivity contribution is 5.76. The van der Waals surface area contributed by atoms with Gasteiger partial charge in [-0.1, -0.05) is 18.2 Å². The normalized spacial score (nSPS) is 21.1. The van der Waals surface area contributed by atoms with Crippen LogP contribution in [0, 0.1) is 0 Å². The Bertz CT molecular complexity index is 555. The third-order valence-electron chi connectivity index (χ3n) is 3.88. The van der Waals surface area contributed by atoms with Gasteiger partial charge in [-0.25, -0.2) is 0 Å². The van der Waals surface area contributed by atoms with Gasteiger partial charge >= 0.3 is 5.97 Å². The summed E-state index contributed by atoms with van der Waals surface area (Å²) < 4.78 is 15.5. The van der Waals surface area contributed by atoms with Crippen LogP contribution in [0.15, 0.2) is 24.3 Å². The molecule has 1 aromatic carbocycles. The average molecular weight is 289 g/mol. The molecule has 1 aromatic rings. The molecule has 0 bridgehead atoms. The molecule has 0 spiro atoms. The van der Waals surface area contributed by atoms with Gasteiger partial charge in [-0.05, 0) is 37.1 Å². The van der Waals surface area contributed by atoms with Crippen LogP contribution in [0.3, 0.4) is 0 Å². The number of rotatable bonds is 4. The zero-order valence-electron chi connectivity index (χ0n) is 12.1. The molecule has 0 N–H and O–H groups in total. The number of hydrogen-bond donors (Lipinski definition) is 0. The molecule has 2 aliphatic rings. The first-order valence-electron chi connectivity index (χ1n) is 7.16. The number of nitrogens with zero attached hydrogens (tertiary/aromatic N) is 1. The van der Waals surface area contributed by atoms with E-state index in [4.69, 9.17) is 14.2 Å². The van der Waals surface area contributed by atoms with Crippen LogP contribution in [0.5, 0.6) is 11.5 Å². The van der Waals surface area contributed by atoms with Crippen LogP contribution < -0.4 is 9.47 Å². The molecule has 0 radical (unpaired) electrons. The van der Waals surface area contributed by atoms with Crippen LogP contribution in [-0.2, 0) is 9.53 Å². The highest BCUT2D eigenvalue weighted by Crippen LogP contribution is 2.32. The van der Waals surface area contributed by atoms with Crippen molar-refractivity contribution in [3.8, 4) is 11.5 Å². The van der Waals surface area contributed by atoms with Crippen molar-refractivity contribution in [3.63, 3.8) is 0 Å². The summed E-state index contributed by atoms with van der Waals surface area (Å²) in [6.45, 7) is 1.97. The second kappa shape index (κ2) is 6.18. The third-order valence-corrected chi connectivity index (χ3v) is 3.88. The topological polar surface area (TPSA) is 48.0 Å². The van der Waals surface area contributed by atoms with E-state index in [1.807, 2.05) is 24.3 Å². The van der Waals surface area contributed by atoms with Gasteiger partial charge in [0.25, 0.3) is 0 Å². The number of benzene rings is 1. The predicted molar refractivity (Wildman–Crippen MR) is 78.2 cm³/mol. The maximum atomic E-state index is 11.7. The minimum Gasteiger partial charge on any atom is -0.468 e. The minimum absolute atomic E-state index is 0.101. The second-order valence-corrected chi connectivity index (χ2v) is 5.19. The monoisotopic (exact) mass is 289 g/mol. The molecular formula is C16H19NO4. The van der Waals surface area contributed by atoms with E-state index in [0.717, 1.165) is 43.0 Å². The summed E-state index contributed by atoms with van der Waals surface area (Å²) in [5, 5.41) is 0. The molecule has 1 fully saturated rings. The molecule has 0 aliphatic carbocycles. The summed E-state index contributed by atoms with van der Waals surface area (Å²) in [7, 11) is 1.45. The molecular weight excluding hydrogens is 270 g/mol. The van der Waals surface area contributed by atoms with Gasteiger partial charge in [-0.2, -0.15) is 0 Å². The van der Waals surface area contributed by atoms with Crippen LogP contribution in [0.25, 0.3) is 6.08 Å². The van der Waals surface area contributed by atoms with Gasteiger partial charge in [0.05, 0.1) is 7.11 Å². The Morgan fingerprint density at radius 3 is 3.14 bits per heavy atom. The number of likely N-dealkylation sites (tertiary alicyclic amines) is 1. The van der Waals surface area contributed by atoms with Gasteiger partial charge in [0.2, 0.25) is 6.79 Å². The van der Waals surface area contributed by atoms with Crippen LogP contribution in [0.1, 0.15) is 18.4 Å². The summed E-state index contributed by atoms with van der Waals surface area (Å²) in [5.74, 6) is 1.44. The van der Waals surface area contributed by atoms with Crippen molar-refractivity contribution < 1.29 is 19.0 Å². The summed E-state index contributed by atoms with van der Waals surface area (Å²) in [6.07, 6.45) is 6.02. The Hall–Kier alpha value is -2.01. The molecule has 3 rings (SSSR count). The summed E-state index contributed by atoms with van der Waals surface area (Å²) in [4.78, 5) is 13.8. The molecule has 2 heterocycles. The summed E-state index contributed by atoms with van der Waals surface area (Å²) in [6, 6.07) is 5.76. The maximum absolute atomic E-state index is 11.7. The third kappa shape index (κ3) is 3.03. The Morgan fingerprint density at radius 2 is 2.29 bits per heavy atom. The van der Waals surface area contributed by atoms with Crippen molar-refractivity contribution in [1.29, 1.82) is 0 Å². The predicted octanol–water partition coefficient (Wildman–Crippen LogP) is 2.07. The van der Waals surface area contributed by atoms with E-state index in [1.165, 1.54) is 7.11 Å². The fourth-order valence-corrected chi connectivity index (χ4v) is 2.79. The fourth-order valence-electron chi connectivity index (χ4n) is 2.79. The van der Waals surface area contributed by atoms with E-state index in [-0.39, 0.29) is 18.8 Å². The molecule has 112 valence electrons. The molecule has 5 heteroatoms. The van der Waals surface area contributed by atoms with Gasteiger partial charge in [-0.15, -0.1) is 0 Å². The van der Waals surface area contributed by atoms with E-state index >= 15 is 0 Å². The zero-order chi connectivity index (χ0) is 14.7. The maximum Gasteiger partial charge on any atom is 0.323 e. The van der Waals surface area contributed by atoms with Gasteiger partial charge in [0.1, 0.15) is 6.04 Å². The van der Waals surface area contributed by atoms with Crippen LogP contribution in [-0.4, -0.2) is 43.9 Å². The summed E-state index contributed by atoms with van der Waals surface area (Å²) in [5.41, 5.74) is 1.06. The number of hydrogen-bond acceptors (Lipinski definition) is 5. The number of methoxy groups -OCH3 is 1. The standard InChI is InChI=1S/C16H19NO4/c1-19-16(18)13-5-3-9-17(13)8-2-4-12-6-7-14-15(10-12)21-11-20-14/h2,4,6-7,10,13H,3,5,8-9,11H2,1H3/b4-2+. The van der Waals surface area contributed by atoms with Gasteiger partial charge in [-0.3, -0.25) is 9.69 Å². The smallest absolute Gasteiger partial charge is 0.323 e. The van der Waals surface area contributed by atoms with E-state index in [9.17, 15) is 4.79 Å². The van der Waals surface area contributed by atoms with Crippen molar-refractivity contribution in [1.82, 2.24) is 4.90 Å². The van der Waals surface area contributed by atoms with Crippen molar-refractivity contribution in [3.05, 3.63) is 29.8 Å². The first-order chi connectivity index (χ1) is 10.3. The molecule has 1 atom stereocenters. The lowest BCUT2D eigenvalue weighted by Gasteiger charge is -2.20. The van der Waals surface area contributed by atoms with E-state index in [2.05, 4.69) is 11.0 Å². The second-order valence-electron chi connectivity index (χ2n) is 5.19. The zero-order valence-corrected chi connectivity index (χ0v) is 12.1. The van der Waals surface area contributed by atoms with E-state index in [0.29, 0.717) is 0 Å². The molecule has 21 heavy (non-hydrogen) atoms. The van der Waals surface area contributed by atoms with Crippen LogP contribution in [0.4, 0.5) is 0 Å². The lowest BCUT2D eigenvalue weighted by molar-refractivity contribution is -0.145. The Morgan fingerprint density at radius 1 is 1.43 bits per heavy atom. The number of esters is 1. The minimum atomic E-state index is -0.135. The molecule has 0 saturated carbocycles. The molecule has 5 nitrogen and oxygen atoms in total. The molecule has 0 aromatic heterocycles. The number of carbonyl (C=O) groups excluding carboxylic acids is 1. The van der Waals surface area contributed by atoms with Gasteiger partial charge in [0.15, 0.2) is 11.5 Å². The highest BCUT2D eigenvalue weighted by atomic mass is 16.7. The summed E-state index contributed by atoms with van der Waals surface area (Å²) >= 11 is 0. The van der Waals surface area contributed by atoms with Crippen LogP contribution in [0.2, 0.25) is 0 Å². The number of fused-ring (bicyclic) bond motifs is 1. The Kier molecular flexibility index (Phi) is 4.10. The number of carbonyl (C=O) groups is 1. The van der Waals surface area contributed by atoms with Gasteiger partial charge < -0.3 is 14.2 Å². The SMILES string of the molecule is COC(=O)C1CCCN1C/C=C/c1ccc2c(c1)OCO2. The molecule has 2 aliphatic heterocycles. The first-order valence-corrected chi connectivity index (χ1v) is 7.16. The molecule has 1 saturated heterocycles. The van der Waals surface area contributed by atoms with Crippen LogP contribution >= 0.6 is 0 Å².